The van der Waals surface area contributed by atoms with E-state index >= 15 is 0 Å². The zero-order valence-electron chi connectivity index (χ0n) is 13.9. The van der Waals surface area contributed by atoms with Gasteiger partial charge in [0.2, 0.25) is 0 Å². The molecular formula is C17H23BrN2O3. The number of nitrogens with zero attached hydrogens (tertiary/aromatic N) is 1. The van der Waals surface area contributed by atoms with Crippen molar-refractivity contribution in [3.8, 4) is 0 Å². The molecule has 0 radical (unpaired) electrons. The van der Waals surface area contributed by atoms with Gasteiger partial charge in [-0.25, -0.2) is 0 Å². The summed E-state index contributed by atoms with van der Waals surface area (Å²) in [7, 11) is 1.65. The maximum atomic E-state index is 12.7. The summed E-state index contributed by atoms with van der Waals surface area (Å²) in [5.74, 6) is 1.44. The number of nitrogens with one attached hydrogen (secondary N) is 1. The van der Waals surface area contributed by atoms with E-state index in [1.807, 2.05) is 49.7 Å². The third-order valence-corrected chi connectivity index (χ3v) is 4.06. The first-order chi connectivity index (χ1) is 10.9. The summed E-state index contributed by atoms with van der Waals surface area (Å²) < 4.78 is 13.7. The molecule has 2 aromatic heterocycles. The minimum Gasteiger partial charge on any atom is -0.464 e. The highest BCUT2D eigenvalue weighted by molar-refractivity contribution is 9.10. The fraction of sp³-hybridized carbons (Fsp3) is 0.471. The Kier molecular flexibility index (Phi) is 6.07. The summed E-state index contributed by atoms with van der Waals surface area (Å²) in [5, 5.41) is 3.05. The van der Waals surface area contributed by atoms with Crippen LogP contribution in [0.15, 0.2) is 33.3 Å². The number of furan rings is 1. The molecule has 2 heterocycles. The molecule has 0 aromatic carbocycles. The van der Waals surface area contributed by atoms with Crippen molar-refractivity contribution < 1.29 is 13.9 Å². The van der Waals surface area contributed by atoms with Crippen LogP contribution in [0, 0.1) is 6.92 Å². The quantitative estimate of drug-likeness (QED) is 0.778. The van der Waals surface area contributed by atoms with E-state index in [4.69, 9.17) is 9.15 Å². The number of aryl methyl sites for hydroxylation is 1. The van der Waals surface area contributed by atoms with Crippen LogP contribution in [0.3, 0.4) is 0 Å². The maximum Gasteiger partial charge on any atom is 0.268 e. The Labute approximate surface area is 145 Å². The number of ether oxygens (including phenoxy) is 1. The molecule has 0 unspecified atom stereocenters. The molecule has 0 saturated carbocycles. The first kappa shape index (κ1) is 17.8. The molecule has 23 heavy (non-hydrogen) atoms. The van der Waals surface area contributed by atoms with Crippen LogP contribution < -0.4 is 5.32 Å². The van der Waals surface area contributed by atoms with E-state index in [2.05, 4.69) is 21.2 Å². The SMILES string of the molecule is COCC[C@H](NC(=O)c1cc(Br)cn1C(C)C)c1ccc(C)o1. The Morgan fingerprint density at radius 3 is 2.74 bits per heavy atom. The predicted molar refractivity (Wildman–Crippen MR) is 92.7 cm³/mol. The summed E-state index contributed by atoms with van der Waals surface area (Å²) in [6.07, 6.45) is 2.57. The van der Waals surface area contributed by atoms with E-state index in [0.29, 0.717) is 18.7 Å². The molecule has 0 aliphatic carbocycles. The van der Waals surface area contributed by atoms with E-state index < -0.39 is 0 Å². The van der Waals surface area contributed by atoms with Crippen molar-refractivity contribution in [2.45, 2.75) is 39.3 Å². The van der Waals surface area contributed by atoms with E-state index in [1.165, 1.54) is 0 Å². The fourth-order valence-electron chi connectivity index (χ4n) is 2.45. The number of hydrogen-bond donors (Lipinski definition) is 1. The predicted octanol–water partition coefficient (Wildman–Crippen LogP) is 4.24. The number of hydrogen-bond acceptors (Lipinski definition) is 3. The second-order valence-corrected chi connectivity index (χ2v) is 6.72. The number of rotatable bonds is 7. The van der Waals surface area contributed by atoms with Gasteiger partial charge >= 0.3 is 0 Å². The molecule has 0 spiro atoms. The van der Waals surface area contributed by atoms with Crippen molar-refractivity contribution in [1.82, 2.24) is 9.88 Å². The molecule has 0 aliphatic rings. The lowest BCUT2D eigenvalue weighted by Gasteiger charge is -2.18. The average Bonchev–Trinajstić information content (AvgIpc) is 3.09. The summed E-state index contributed by atoms with van der Waals surface area (Å²) in [4.78, 5) is 12.7. The minimum absolute atomic E-state index is 0.125. The van der Waals surface area contributed by atoms with Crippen LogP contribution in [0.4, 0.5) is 0 Å². The summed E-state index contributed by atoms with van der Waals surface area (Å²) >= 11 is 3.44. The van der Waals surface area contributed by atoms with Crippen LogP contribution in [-0.2, 0) is 4.74 Å². The number of halogens is 1. The summed E-state index contributed by atoms with van der Waals surface area (Å²) in [6.45, 7) is 6.52. The molecule has 6 heteroatoms. The summed E-state index contributed by atoms with van der Waals surface area (Å²) in [6, 6.07) is 5.61. The lowest BCUT2D eigenvalue weighted by atomic mass is 10.1. The van der Waals surface area contributed by atoms with Gasteiger partial charge in [0.05, 0.1) is 6.04 Å². The highest BCUT2D eigenvalue weighted by Crippen LogP contribution is 2.23. The largest absolute Gasteiger partial charge is 0.464 e. The van der Waals surface area contributed by atoms with Gasteiger partial charge in [-0.15, -0.1) is 0 Å². The van der Waals surface area contributed by atoms with Crippen LogP contribution in [0.5, 0.6) is 0 Å². The van der Waals surface area contributed by atoms with Crippen molar-refractivity contribution in [3.63, 3.8) is 0 Å². The topological polar surface area (TPSA) is 56.4 Å². The third kappa shape index (κ3) is 4.48. The van der Waals surface area contributed by atoms with Gasteiger partial charge in [-0.1, -0.05) is 0 Å². The van der Waals surface area contributed by atoms with Crippen LogP contribution >= 0.6 is 15.9 Å². The number of aromatic nitrogens is 1. The number of methoxy groups -OCH3 is 1. The molecule has 0 fully saturated rings. The van der Waals surface area contributed by atoms with Crippen molar-refractivity contribution >= 4 is 21.8 Å². The summed E-state index contributed by atoms with van der Waals surface area (Å²) in [5.41, 5.74) is 0.623. The second-order valence-electron chi connectivity index (χ2n) is 5.80. The van der Waals surface area contributed by atoms with E-state index in [9.17, 15) is 4.79 Å². The van der Waals surface area contributed by atoms with Gasteiger partial charge in [0.15, 0.2) is 0 Å². The molecule has 0 aliphatic heterocycles. The Bertz CT molecular complexity index is 661. The average molecular weight is 383 g/mol. The van der Waals surface area contributed by atoms with Gasteiger partial charge < -0.3 is 19.0 Å². The van der Waals surface area contributed by atoms with E-state index in [0.717, 1.165) is 16.0 Å². The van der Waals surface area contributed by atoms with Crippen molar-refractivity contribution in [3.05, 3.63) is 46.1 Å². The van der Waals surface area contributed by atoms with Crippen molar-refractivity contribution in [2.75, 3.05) is 13.7 Å². The molecule has 1 N–H and O–H groups in total. The zero-order valence-corrected chi connectivity index (χ0v) is 15.5. The Morgan fingerprint density at radius 1 is 1.43 bits per heavy atom. The second kappa shape index (κ2) is 7.84. The van der Waals surface area contributed by atoms with Crippen molar-refractivity contribution in [2.24, 2.45) is 0 Å². The molecule has 0 bridgehead atoms. The number of carbonyl (C=O) groups is 1. The molecule has 2 rings (SSSR count). The van der Waals surface area contributed by atoms with E-state index in [1.54, 1.807) is 7.11 Å². The molecule has 0 saturated heterocycles. The van der Waals surface area contributed by atoms with E-state index in [-0.39, 0.29) is 18.0 Å². The lowest BCUT2D eigenvalue weighted by molar-refractivity contribution is 0.0906. The molecule has 126 valence electrons. The number of carbonyl (C=O) groups excluding carboxylic acids is 1. The first-order valence-electron chi connectivity index (χ1n) is 7.66. The van der Waals surface area contributed by atoms with Crippen molar-refractivity contribution in [1.29, 1.82) is 0 Å². The highest BCUT2D eigenvalue weighted by Gasteiger charge is 2.21. The molecule has 1 atom stereocenters. The van der Waals surface area contributed by atoms with Crippen LogP contribution in [-0.4, -0.2) is 24.2 Å². The molecule has 5 nitrogen and oxygen atoms in total. The van der Waals surface area contributed by atoms with Gasteiger partial charge in [0.1, 0.15) is 17.2 Å². The Hall–Kier alpha value is -1.53. The zero-order chi connectivity index (χ0) is 17.0. The third-order valence-electron chi connectivity index (χ3n) is 3.62. The number of amides is 1. The van der Waals surface area contributed by atoms with Gasteiger partial charge in [-0.05, 0) is 61.3 Å². The Morgan fingerprint density at radius 2 is 2.17 bits per heavy atom. The first-order valence-corrected chi connectivity index (χ1v) is 8.45. The molecular weight excluding hydrogens is 360 g/mol. The maximum absolute atomic E-state index is 12.7. The minimum atomic E-state index is -0.217. The van der Waals surface area contributed by atoms with Crippen LogP contribution in [0.25, 0.3) is 0 Å². The lowest BCUT2D eigenvalue weighted by Crippen LogP contribution is -2.31. The van der Waals surface area contributed by atoms with Gasteiger partial charge in [-0.3, -0.25) is 4.79 Å². The van der Waals surface area contributed by atoms with Gasteiger partial charge in [0, 0.05) is 30.4 Å². The standard InChI is InChI=1S/C17H23BrN2O3/c1-11(2)20-10-13(18)9-15(20)17(21)19-14(7-8-22-4)16-6-5-12(3)23-16/h5-6,9-11,14H,7-8H2,1-4H3,(H,19,21)/t14-/m0/s1. The van der Waals surface area contributed by atoms with Crippen LogP contribution in [0.2, 0.25) is 0 Å². The van der Waals surface area contributed by atoms with Gasteiger partial charge in [0.25, 0.3) is 5.91 Å². The molecule has 1 amide bonds. The highest BCUT2D eigenvalue weighted by atomic mass is 79.9. The monoisotopic (exact) mass is 382 g/mol. The van der Waals surface area contributed by atoms with Gasteiger partial charge in [-0.2, -0.15) is 0 Å². The fourth-order valence-corrected chi connectivity index (χ4v) is 2.89. The smallest absolute Gasteiger partial charge is 0.268 e. The normalized spacial score (nSPS) is 12.6. The molecule has 2 aromatic rings. The Balaban J connectivity index is 2.20. The van der Waals surface area contributed by atoms with Crippen LogP contribution in [0.1, 0.15) is 54.4 Å².